The van der Waals surface area contributed by atoms with E-state index in [1.807, 2.05) is 6.92 Å². The molecule has 0 heterocycles. The molecule has 0 aromatic carbocycles. The van der Waals surface area contributed by atoms with Crippen molar-refractivity contribution < 1.29 is 9.84 Å². The molecule has 0 aliphatic heterocycles. The maximum atomic E-state index is 9.58. The number of aliphatic hydroxyl groups excluding tert-OH is 1. The van der Waals surface area contributed by atoms with Crippen LogP contribution in [0.3, 0.4) is 0 Å². The number of rotatable bonds is 8. The number of nitrogens with zero attached hydrogens (tertiary/aromatic N) is 3. The van der Waals surface area contributed by atoms with Crippen LogP contribution in [0.5, 0.6) is 0 Å². The first kappa shape index (κ1) is 16.9. The topological polar surface area (TPSA) is 78.2 Å². The van der Waals surface area contributed by atoms with E-state index in [-0.39, 0.29) is 6.04 Å². The molecule has 0 aliphatic carbocycles. The van der Waals surface area contributed by atoms with Gasteiger partial charge in [-0.1, -0.05) is 18.0 Å². The summed E-state index contributed by atoms with van der Waals surface area (Å²) in [5, 5.41) is 13.2. The summed E-state index contributed by atoms with van der Waals surface area (Å²) in [6.07, 6.45) is 5.90. The molecule has 0 aromatic heterocycles. The van der Waals surface area contributed by atoms with E-state index in [9.17, 15) is 5.11 Å². The highest BCUT2D eigenvalue weighted by Crippen LogP contribution is 2.01. The fourth-order valence-electron chi connectivity index (χ4n) is 1.13. The highest BCUT2D eigenvalue weighted by atomic mass is 16.5. The lowest BCUT2D eigenvalue weighted by Gasteiger charge is -2.10. The molecule has 0 aromatic rings. The zero-order chi connectivity index (χ0) is 14.3. The monoisotopic (exact) mass is 259 g/mol. The number of hydrogen-bond donors (Lipinski definition) is 1. The second kappa shape index (κ2) is 12.4. The molecule has 2 atom stereocenters. The van der Waals surface area contributed by atoms with Crippen molar-refractivity contribution in [3.8, 4) is 36.0 Å². The van der Waals surface area contributed by atoms with Gasteiger partial charge >= 0.3 is 0 Å². The zero-order valence-electron chi connectivity index (χ0n) is 11.0. The van der Waals surface area contributed by atoms with E-state index < -0.39 is 6.10 Å². The predicted molar refractivity (Wildman–Crippen MR) is 73.7 cm³/mol. The van der Waals surface area contributed by atoms with Gasteiger partial charge in [0.05, 0.1) is 18.8 Å². The van der Waals surface area contributed by atoms with E-state index in [0.717, 1.165) is 6.42 Å². The highest BCUT2D eigenvalue weighted by Gasteiger charge is 2.05. The summed E-state index contributed by atoms with van der Waals surface area (Å²) in [7, 11) is 0. The Morgan fingerprint density at radius 2 is 2.21 bits per heavy atom. The standard InChI is InChI=1S/C14H17N3O2/c1-3-5-6-7-8-9-14(18)10-11-19-12-13(4-2)16-17-15/h1,13-14,18H,4,9-12H2,2H3. The average molecular weight is 259 g/mol. The Hall–Kier alpha value is -2.09. The predicted octanol–water partition coefficient (Wildman–Crippen LogP) is 1.87. The minimum absolute atomic E-state index is 0.152. The largest absolute Gasteiger partial charge is 0.392 e. The molecule has 0 spiro atoms. The fourth-order valence-corrected chi connectivity index (χ4v) is 1.13. The Labute approximate surface area is 114 Å². The van der Waals surface area contributed by atoms with Crippen LogP contribution in [0.25, 0.3) is 10.4 Å². The van der Waals surface area contributed by atoms with Gasteiger partial charge in [-0.25, -0.2) is 0 Å². The second-order valence-electron chi connectivity index (χ2n) is 3.68. The summed E-state index contributed by atoms with van der Waals surface area (Å²) in [6, 6.07) is -0.152. The summed E-state index contributed by atoms with van der Waals surface area (Å²) < 4.78 is 5.33. The molecule has 0 saturated heterocycles. The van der Waals surface area contributed by atoms with Crippen LogP contribution in [-0.4, -0.2) is 30.5 Å². The van der Waals surface area contributed by atoms with E-state index in [1.165, 1.54) is 0 Å². The molecule has 0 saturated carbocycles. The number of aliphatic hydroxyl groups is 1. The first-order valence-electron chi connectivity index (χ1n) is 5.98. The van der Waals surface area contributed by atoms with E-state index in [4.69, 9.17) is 16.7 Å². The smallest absolute Gasteiger partial charge is 0.0671 e. The Bertz CT molecular complexity index is 453. The summed E-state index contributed by atoms with van der Waals surface area (Å²) in [4.78, 5) is 2.74. The Morgan fingerprint density at radius 1 is 1.42 bits per heavy atom. The Balaban J connectivity index is 3.73. The van der Waals surface area contributed by atoms with Crippen molar-refractivity contribution in [2.45, 2.75) is 38.3 Å². The molecule has 0 fully saturated rings. The molecule has 0 radical (unpaired) electrons. The SMILES string of the molecule is C#CC#CC#CCC(O)CCOCC(CC)N=[N+]=[N-]. The second-order valence-corrected chi connectivity index (χ2v) is 3.68. The van der Waals surface area contributed by atoms with Crippen LogP contribution in [0.4, 0.5) is 0 Å². The highest BCUT2D eigenvalue weighted by molar-refractivity contribution is 5.33. The normalized spacial score (nSPS) is 11.6. The molecule has 2 unspecified atom stereocenters. The van der Waals surface area contributed by atoms with Crippen LogP contribution in [0, 0.1) is 36.0 Å². The van der Waals surface area contributed by atoms with Crippen molar-refractivity contribution in [1.82, 2.24) is 0 Å². The van der Waals surface area contributed by atoms with Crippen LogP contribution in [-0.2, 0) is 4.74 Å². The van der Waals surface area contributed by atoms with Crippen LogP contribution in [0.15, 0.2) is 5.11 Å². The minimum Gasteiger partial charge on any atom is -0.392 e. The van der Waals surface area contributed by atoms with Crippen molar-refractivity contribution >= 4 is 0 Å². The molecule has 1 N–H and O–H groups in total. The van der Waals surface area contributed by atoms with Gasteiger partial charge < -0.3 is 9.84 Å². The van der Waals surface area contributed by atoms with Gasteiger partial charge in [-0.05, 0) is 42.1 Å². The van der Waals surface area contributed by atoms with Crippen LogP contribution >= 0.6 is 0 Å². The molecule has 19 heavy (non-hydrogen) atoms. The molecule has 100 valence electrons. The van der Waals surface area contributed by atoms with Gasteiger partial charge in [0.15, 0.2) is 0 Å². The maximum Gasteiger partial charge on any atom is 0.0671 e. The van der Waals surface area contributed by atoms with Gasteiger partial charge in [-0.3, -0.25) is 0 Å². The van der Waals surface area contributed by atoms with Crippen LogP contribution < -0.4 is 0 Å². The van der Waals surface area contributed by atoms with Crippen molar-refractivity contribution in [1.29, 1.82) is 0 Å². The van der Waals surface area contributed by atoms with E-state index in [0.29, 0.717) is 26.1 Å². The summed E-state index contributed by atoms with van der Waals surface area (Å²) in [6.45, 7) is 2.69. The molecule has 0 rings (SSSR count). The molecule has 0 aliphatic rings. The van der Waals surface area contributed by atoms with Crippen LogP contribution in [0.1, 0.15) is 26.2 Å². The van der Waals surface area contributed by atoms with E-state index in [2.05, 4.69) is 39.6 Å². The molecular formula is C14H17N3O2. The van der Waals surface area contributed by atoms with Gasteiger partial charge in [-0.15, -0.1) is 6.42 Å². The molecule has 5 nitrogen and oxygen atoms in total. The third-order valence-electron chi connectivity index (χ3n) is 2.22. The van der Waals surface area contributed by atoms with E-state index >= 15 is 0 Å². The lowest BCUT2D eigenvalue weighted by atomic mass is 10.2. The molecule has 0 bridgehead atoms. The van der Waals surface area contributed by atoms with E-state index in [1.54, 1.807) is 0 Å². The lowest BCUT2D eigenvalue weighted by molar-refractivity contribution is 0.0765. The third-order valence-corrected chi connectivity index (χ3v) is 2.22. The van der Waals surface area contributed by atoms with Gasteiger partial charge in [-0.2, -0.15) is 0 Å². The van der Waals surface area contributed by atoms with Gasteiger partial charge in [0.2, 0.25) is 0 Å². The van der Waals surface area contributed by atoms with Crippen molar-refractivity contribution in [3.05, 3.63) is 10.4 Å². The van der Waals surface area contributed by atoms with Crippen molar-refractivity contribution in [3.63, 3.8) is 0 Å². The van der Waals surface area contributed by atoms with Crippen molar-refractivity contribution in [2.75, 3.05) is 13.2 Å². The quantitative estimate of drug-likeness (QED) is 0.237. The summed E-state index contributed by atoms with van der Waals surface area (Å²) in [5.41, 5.74) is 8.30. The first-order chi connectivity index (χ1) is 9.24. The molecule has 0 amide bonds. The molecule has 5 heteroatoms. The minimum atomic E-state index is -0.556. The number of hydrogen-bond acceptors (Lipinski definition) is 3. The Kier molecular flexibility index (Phi) is 11.0. The number of azide groups is 1. The summed E-state index contributed by atoms with van der Waals surface area (Å²) >= 11 is 0. The number of terminal acetylenes is 1. The first-order valence-corrected chi connectivity index (χ1v) is 5.98. The Morgan fingerprint density at radius 3 is 2.84 bits per heavy atom. The average Bonchev–Trinajstić information content (AvgIpc) is 2.42. The van der Waals surface area contributed by atoms with Crippen LogP contribution in [0.2, 0.25) is 0 Å². The maximum absolute atomic E-state index is 9.58. The zero-order valence-corrected chi connectivity index (χ0v) is 11.0. The van der Waals surface area contributed by atoms with Crippen molar-refractivity contribution in [2.24, 2.45) is 5.11 Å². The van der Waals surface area contributed by atoms with Gasteiger partial charge in [0, 0.05) is 17.9 Å². The third kappa shape index (κ3) is 10.8. The lowest BCUT2D eigenvalue weighted by Crippen LogP contribution is -2.15. The van der Waals surface area contributed by atoms with Gasteiger partial charge in [0.25, 0.3) is 0 Å². The number of ether oxygens (including phenoxy) is 1. The fraction of sp³-hybridized carbons (Fsp3) is 0.571. The summed E-state index contributed by atoms with van der Waals surface area (Å²) in [5.74, 6) is 12.2. The van der Waals surface area contributed by atoms with Gasteiger partial charge in [0.1, 0.15) is 0 Å². The molecular weight excluding hydrogens is 242 g/mol.